The average molecular weight is 632 g/mol. The first-order valence-corrected chi connectivity index (χ1v) is 20.6. The molecule has 0 radical (unpaired) electrons. The smallest absolute Gasteiger partial charge is 0.309 e. The summed E-state index contributed by atoms with van der Waals surface area (Å²) in [5.74, 6) is 1.17. The normalized spacial score (nSPS) is 15.1. The van der Waals surface area contributed by atoms with Crippen LogP contribution in [0.15, 0.2) is 12.2 Å². The van der Waals surface area contributed by atoms with E-state index in [9.17, 15) is 4.79 Å². The molecule has 1 atom stereocenters. The molecule has 45 heavy (non-hydrogen) atoms. The minimum Gasteiger partial charge on any atom is -0.462 e. The standard InChI is InChI=1S/C42H81NO2/c1-6-9-12-13-14-15-19-24-32-41(45-42(44)40-34-36-43(5)37-35-40)33-25-20-17-16-18-23-27-38(4)28-26-31-39(29-21-10-7-2)30-22-11-8-3/h39-41H,4,6-37H2,1-3,5H3. The number of hydrogen-bond donors (Lipinski definition) is 0. The van der Waals surface area contributed by atoms with Gasteiger partial charge in [-0.15, -0.1) is 0 Å². The molecule has 1 aliphatic rings. The van der Waals surface area contributed by atoms with Gasteiger partial charge in [-0.1, -0.05) is 161 Å². The van der Waals surface area contributed by atoms with Gasteiger partial charge in [0.05, 0.1) is 5.92 Å². The average Bonchev–Trinajstić information content (AvgIpc) is 3.03. The molecule has 1 fully saturated rings. The van der Waals surface area contributed by atoms with Gasteiger partial charge in [-0.2, -0.15) is 0 Å². The lowest BCUT2D eigenvalue weighted by atomic mass is 9.89. The Morgan fingerprint density at radius 3 is 1.53 bits per heavy atom. The van der Waals surface area contributed by atoms with Gasteiger partial charge in [0.25, 0.3) is 0 Å². The van der Waals surface area contributed by atoms with E-state index >= 15 is 0 Å². The number of unbranched alkanes of at least 4 members (excludes halogenated alkanes) is 16. The Morgan fingerprint density at radius 2 is 1.00 bits per heavy atom. The van der Waals surface area contributed by atoms with Gasteiger partial charge in [-0.05, 0) is 90.3 Å². The molecule has 1 heterocycles. The number of allylic oxidation sites excluding steroid dienone is 1. The number of nitrogens with zero attached hydrogens (tertiary/aromatic N) is 1. The summed E-state index contributed by atoms with van der Waals surface area (Å²) in [5.41, 5.74) is 1.49. The van der Waals surface area contributed by atoms with Crippen LogP contribution in [0.25, 0.3) is 0 Å². The molecule has 0 amide bonds. The third kappa shape index (κ3) is 24.9. The van der Waals surface area contributed by atoms with E-state index in [2.05, 4.69) is 39.3 Å². The molecule has 0 aromatic heterocycles. The Morgan fingerprint density at radius 1 is 0.600 bits per heavy atom. The fraction of sp³-hybridized carbons (Fsp3) is 0.929. The van der Waals surface area contributed by atoms with Crippen molar-refractivity contribution in [2.75, 3.05) is 20.1 Å². The summed E-state index contributed by atoms with van der Waals surface area (Å²) in [6, 6.07) is 0. The molecule has 0 aromatic rings. The predicted molar refractivity (Wildman–Crippen MR) is 199 cm³/mol. The van der Waals surface area contributed by atoms with Gasteiger partial charge in [0.1, 0.15) is 6.10 Å². The number of ether oxygens (including phenoxy) is 1. The van der Waals surface area contributed by atoms with E-state index in [1.165, 1.54) is 173 Å². The number of carbonyl (C=O) groups excluding carboxylic acids is 1. The Kier molecular flexibility index (Phi) is 28.6. The highest BCUT2D eigenvalue weighted by Crippen LogP contribution is 2.26. The summed E-state index contributed by atoms with van der Waals surface area (Å²) in [6.45, 7) is 13.4. The van der Waals surface area contributed by atoms with E-state index in [-0.39, 0.29) is 18.0 Å². The van der Waals surface area contributed by atoms with Crippen molar-refractivity contribution in [2.24, 2.45) is 11.8 Å². The predicted octanol–water partition coefficient (Wildman–Crippen LogP) is 13.4. The topological polar surface area (TPSA) is 29.5 Å². The highest BCUT2D eigenvalue weighted by Gasteiger charge is 2.26. The van der Waals surface area contributed by atoms with Crippen molar-refractivity contribution in [3.63, 3.8) is 0 Å². The van der Waals surface area contributed by atoms with E-state index in [4.69, 9.17) is 4.74 Å². The van der Waals surface area contributed by atoms with E-state index in [0.717, 1.165) is 44.7 Å². The van der Waals surface area contributed by atoms with Crippen LogP contribution in [-0.2, 0) is 9.53 Å². The van der Waals surface area contributed by atoms with Crippen LogP contribution in [0.3, 0.4) is 0 Å². The second-order valence-electron chi connectivity index (χ2n) is 15.1. The second kappa shape index (κ2) is 30.5. The first-order chi connectivity index (χ1) is 22.0. The van der Waals surface area contributed by atoms with E-state index in [1.54, 1.807) is 0 Å². The minimum absolute atomic E-state index is 0.0939. The third-order valence-electron chi connectivity index (χ3n) is 10.6. The van der Waals surface area contributed by atoms with E-state index < -0.39 is 0 Å². The number of rotatable bonds is 32. The maximum atomic E-state index is 13.0. The molecule has 0 bridgehead atoms. The fourth-order valence-corrected chi connectivity index (χ4v) is 7.29. The highest BCUT2D eigenvalue weighted by molar-refractivity contribution is 5.72. The van der Waals surface area contributed by atoms with Crippen molar-refractivity contribution < 1.29 is 9.53 Å². The Bertz CT molecular complexity index is 658. The maximum Gasteiger partial charge on any atom is 0.309 e. The zero-order chi connectivity index (χ0) is 32.8. The van der Waals surface area contributed by atoms with Gasteiger partial charge in [-0.3, -0.25) is 4.79 Å². The molecule has 0 aliphatic carbocycles. The molecular weight excluding hydrogens is 550 g/mol. The first kappa shape index (κ1) is 42.2. The van der Waals surface area contributed by atoms with E-state index in [0.29, 0.717) is 0 Å². The van der Waals surface area contributed by atoms with Gasteiger partial charge in [0, 0.05) is 0 Å². The van der Waals surface area contributed by atoms with Crippen molar-refractivity contribution in [2.45, 2.75) is 219 Å². The van der Waals surface area contributed by atoms with Crippen LogP contribution in [0.5, 0.6) is 0 Å². The minimum atomic E-state index is 0.0939. The molecule has 1 rings (SSSR count). The molecule has 266 valence electrons. The fourth-order valence-electron chi connectivity index (χ4n) is 7.29. The van der Waals surface area contributed by atoms with Crippen LogP contribution in [0.1, 0.15) is 213 Å². The van der Waals surface area contributed by atoms with Gasteiger partial charge >= 0.3 is 5.97 Å². The maximum absolute atomic E-state index is 13.0. The van der Waals surface area contributed by atoms with Crippen molar-refractivity contribution in [3.05, 3.63) is 12.2 Å². The summed E-state index contributed by atoms with van der Waals surface area (Å²) in [7, 11) is 2.16. The van der Waals surface area contributed by atoms with Crippen molar-refractivity contribution >= 4 is 5.97 Å². The molecular formula is C42H81NO2. The van der Waals surface area contributed by atoms with Crippen LogP contribution >= 0.6 is 0 Å². The van der Waals surface area contributed by atoms with Crippen LogP contribution in [-0.4, -0.2) is 37.1 Å². The van der Waals surface area contributed by atoms with Gasteiger partial charge < -0.3 is 9.64 Å². The molecule has 1 aliphatic heterocycles. The summed E-state index contributed by atoms with van der Waals surface area (Å²) in [5, 5.41) is 0. The molecule has 3 nitrogen and oxygen atoms in total. The van der Waals surface area contributed by atoms with Crippen LogP contribution in [0, 0.1) is 11.8 Å². The number of likely N-dealkylation sites (tertiary alicyclic amines) is 1. The van der Waals surface area contributed by atoms with Crippen LogP contribution < -0.4 is 0 Å². The van der Waals surface area contributed by atoms with Crippen molar-refractivity contribution in [1.82, 2.24) is 4.90 Å². The monoisotopic (exact) mass is 632 g/mol. The quantitative estimate of drug-likeness (QED) is 0.0420. The largest absolute Gasteiger partial charge is 0.462 e. The number of hydrogen-bond acceptors (Lipinski definition) is 3. The Hall–Kier alpha value is -0.830. The second-order valence-corrected chi connectivity index (χ2v) is 15.1. The van der Waals surface area contributed by atoms with Crippen molar-refractivity contribution in [3.8, 4) is 0 Å². The van der Waals surface area contributed by atoms with Gasteiger partial charge in [0.15, 0.2) is 0 Å². The van der Waals surface area contributed by atoms with Crippen LogP contribution in [0.2, 0.25) is 0 Å². The summed E-state index contributed by atoms with van der Waals surface area (Å²) in [4.78, 5) is 15.3. The first-order valence-electron chi connectivity index (χ1n) is 20.6. The number of carbonyl (C=O) groups is 1. The highest BCUT2D eigenvalue weighted by atomic mass is 16.5. The molecule has 3 heteroatoms. The van der Waals surface area contributed by atoms with Gasteiger partial charge in [0.2, 0.25) is 0 Å². The Labute approximate surface area is 283 Å². The third-order valence-corrected chi connectivity index (χ3v) is 10.6. The van der Waals surface area contributed by atoms with Crippen molar-refractivity contribution in [1.29, 1.82) is 0 Å². The summed E-state index contributed by atoms with van der Waals surface area (Å²) >= 11 is 0. The summed E-state index contributed by atoms with van der Waals surface area (Å²) < 4.78 is 6.18. The van der Waals surface area contributed by atoms with E-state index in [1.807, 2.05) is 0 Å². The lowest BCUT2D eigenvalue weighted by Gasteiger charge is -2.29. The lowest BCUT2D eigenvalue weighted by molar-refractivity contribution is -0.156. The SMILES string of the molecule is C=C(CCCCCCCCC(CCCCCCCCCC)OC(=O)C1CCN(C)CC1)CCCC(CCCCC)CCCCC. The molecule has 0 saturated carbocycles. The molecule has 1 saturated heterocycles. The van der Waals surface area contributed by atoms with Gasteiger partial charge in [-0.25, -0.2) is 0 Å². The molecule has 1 unspecified atom stereocenters. The molecule has 0 aromatic carbocycles. The molecule has 0 N–H and O–H groups in total. The number of piperidine rings is 1. The number of esters is 1. The lowest BCUT2D eigenvalue weighted by Crippen LogP contribution is -2.35. The Balaban J connectivity index is 2.21. The summed E-state index contributed by atoms with van der Waals surface area (Å²) in [6.07, 6.45) is 39.1. The molecule has 0 spiro atoms. The van der Waals surface area contributed by atoms with Crippen LogP contribution in [0.4, 0.5) is 0 Å². The zero-order valence-corrected chi connectivity index (χ0v) is 31.3. The zero-order valence-electron chi connectivity index (χ0n) is 31.3.